The Labute approximate surface area is 113 Å². The highest BCUT2D eigenvalue weighted by atomic mass is 19.1. The van der Waals surface area contributed by atoms with Crippen LogP contribution >= 0.6 is 0 Å². The van der Waals surface area contributed by atoms with Crippen molar-refractivity contribution in [3.63, 3.8) is 0 Å². The average Bonchev–Trinajstić information content (AvgIpc) is 2.38. The average molecular weight is 267 g/mol. The van der Waals surface area contributed by atoms with Gasteiger partial charge in [0.15, 0.2) is 0 Å². The molecule has 3 nitrogen and oxygen atoms in total. The van der Waals surface area contributed by atoms with Crippen LogP contribution in [0.3, 0.4) is 0 Å². The minimum Gasteiger partial charge on any atom is -0.381 e. The fraction of sp³-hybridized carbons (Fsp3) is 0.600. The second kappa shape index (κ2) is 5.57. The molecule has 1 aliphatic heterocycles. The maximum Gasteiger partial charge on any atom is 0.128 e. The second-order valence-electron chi connectivity index (χ2n) is 5.34. The number of nitrogens with two attached hydrogens (primary N) is 1. The molecule has 0 radical (unpaired) electrons. The van der Waals surface area contributed by atoms with Gasteiger partial charge in [-0.1, -0.05) is 6.07 Å². The monoisotopic (exact) mass is 267 g/mol. The second-order valence-corrected chi connectivity index (χ2v) is 5.34. The molecule has 1 aromatic rings. The third-order valence-corrected chi connectivity index (χ3v) is 4.10. The molecule has 1 atom stereocenters. The van der Waals surface area contributed by atoms with Gasteiger partial charge in [0.1, 0.15) is 5.82 Å². The summed E-state index contributed by atoms with van der Waals surface area (Å²) >= 11 is 0. The van der Waals surface area contributed by atoms with E-state index in [1.165, 1.54) is 6.07 Å². The van der Waals surface area contributed by atoms with Crippen molar-refractivity contribution in [2.24, 2.45) is 5.73 Å². The molecule has 2 N–H and O–H groups in total. The van der Waals surface area contributed by atoms with Crippen molar-refractivity contribution in [2.45, 2.75) is 38.3 Å². The molecule has 0 aliphatic carbocycles. The van der Waals surface area contributed by atoms with E-state index in [-0.39, 0.29) is 5.82 Å². The predicted molar refractivity (Wildman–Crippen MR) is 72.6 cm³/mol. The van der Waals surface area contributed by atoms with E-state index in [0.717, 1.165) is 11.1 Å². The maximum absolute atomic E-state index is 14.3. The lowest BCUT2D eigenvalue weighted by molar-refractivity contribution is -0.105. The van der Waals surface area contributed by atoms with Crippen LogP contribution in [0.2, 0.25) is 0 Å². The number of ether oxygens (including phenoxy) is 2. The van der Waals surface area contributed by atoms with Crippen molar-refractivity contribution < 1.29 is 13.9 Å². The van der Waals surface area contributed by atoms with E-state index >= 15 is 0 Å². The van der Waals surface area contributed by atoms with E-state index in [2.05, 4.69) is 0 Å². The lowest BCUT2D eigenvalue weighted by Crippen LogP contribution is -2.47. The molecule has 0 bridgehead atoms. The lowest BCUT2D eigenvalue weighted by Gasteiger charge is -2.41. The predicted octanol–water partition coefficient (Wildman–Crippen LogP) is 2.64. The molecule has 1 fully saturated rings. The summed E-state index contributed by atoms with van der Waals surface area (Å²) in [6.45, 7) is 4.99. The van der Waals surface area contributed by atoms with Gasteiger partial charge in [0.25, 0.3) is 0 Å². The summed E-state index contributed by atoms with van der Waals surface area (Å²) in [6.07, 6.45) is 1.38. The van der Waals surface area contributed by atoms with Gasteiger partial charge >= 0.3 is 0 Å². The molecule has 4 heteroatoms. The molecule has 1 unspecified atom stereocenters. The first kappa shape index (κ1) is 14.4. The topological polar surface area (TPSA) is 44.5 Å². The summed E-state index contributed by atoms with van der Waals surface area (Å²) in [6, 6.07) is 3.02. The highest BCUT2D eigenvalue weighted by Crippen LogP contribution is 2.38. The Morgan fingerprint density at radius 2 is 1.95 bits per heavy atom. The zero-order valence-electron chi connectivity index (χ0n) is 11.8. The molecule has 0 saturated carbocycles. The minimum absolute atomic E-state index is 0.243. The molecule has 0 spiro atoms. The Kier molecular flexibility index (Phi) is 4.23. The molecule has 1 aliphatic rings. The van der Waals surface area contributed by atoms with E-state index in [9.17, 15) is 4.39 Å². The number of hydrogen-bond acceptors (Lipinski definition) is 3. The molecule has 106 valence electrons. The van der Waals surface area contributed by atoms with Crippen molar-refractivity contribution in [1.29, 1.82) is 0 Å². The zero-order valence-corrected chi connectivity index (χ0v) is 11.8. The van der Waals surface area contributed by atoms with E-state index < -0.39 is 11.6 Å². The third-order valence-electron chi connectivity index (χ3n) is 4.10. The van der Waals surface area contributed by atoms with Gasteiger partial charge in [0, 0.05) is 38.7 Å². The van der Waals surface area contributed by atoms with Crippen molar-refractivity contribution in [3.8, 4) is 0 Å². The molecule has 0 aromatic heterocycles. The number of methoxy groups -OCH3 is 1. The fourth-order valence-electron chi connectivity index (χ4n) is 2.94. The van der Waals surface area contributed by atoms with Gasteiger partial charge in [-0.25, -0.2) is 4.39 Å². The van der Waals surface area contributed by atoms with Crippen molar-refractivity contribution in [3.05, 3.63) is 34.6 Å². The van der Waals surface area contributed by atoms with Crippen LogP contribution in [0, 0.1) is 19.7 Å². The summed E-state index contributed by atoms with van der Waals surface area (Å²) in [5.41, 5.74) is 8.17. The quantitative estimate of drug-likeness (QED) is 0.915. The third kappa shape index (κ3) is 2.66. The first-order valence-corrected chi connectivity index (χ1v) is 6.65. The molecule has 2 rings (SSSR count). The van der Waals surface area contributed by atoms with Gasteiger partial charge in [-0.05, 0) is 31.0 Å². The van der Waals surface area contributed by atoms with Crippen LogP contribution in [0.4, 0.5) is 4.39 Å². The van der Waals surface area contributed by atoms with Gasteiger partial charge < -0.3 is 15.2 Å². The highest BCUT2D eigenvalue weighted by Gasteiger charge is 2.41. The number of rotatable bonds is 3. The van der Waals surface area contributed by atoms with E-state index in [1.54, 1.807) is 7.11 Å². The van der Waals surface area contributed by atoms with Gasteiger partial charge in [-0.3, -0.25) is 0 Å². The minimum atomic E-state index is -0.529. The van der Waals surface area contributed by atoms with E-state index in [1.807, 2.05) is 19.9 Å². The van der Waals surface area contributed by atoms with Gasteiger partial charge in [0.05, 0.1) is 11.6 Å². The van der Waals surface area contributed by atoms with Crippen LogP contribution < -0.4 is 5.73 Å². The number of hydrogen-bond donors (Lipinski definition) is 1. The Hall–Kier alpha value is -0.970. The highest BCUT2D eigenvalue weighted by molar-refractivity contribution is 5.36. The molecule has 0 amide bonds. The summed E-state index contributed by atoms with van der Waals surface area (Å²) in [5.74, 6) is -0.243. The fourth-order valence-corrected chi connectivity index (χ4v) is 2.94. The summed E-state index contributed by atoms with van der Waals surface area (Å²) in [4.78, 5) is 0. The SMILES string of the molecule is COC1(C(N)c2c(C)cc(C)cc2F)CCOCC1. The number of benzene rings is 1. The first-order valence-electron chi connectivity index (χ1n) is 6.65. The Bertz CT molecular complexity index is 432. The largest absolute Gasteiger partial charge is 0.381 e. The molecule has 19 heavy (non-hydrogen) atoms. The smallest absolute Gasteiger partial charge is 0.128 e. The molecular formula is C15H22FNO2. The van der Waals surface area contributed by atoms with Crippen LogP contribution in [0.25, 0.3) is 0 Å². The zero-order chi connectivity index (χ0) is 14.0. The van der Waals surface area contributed by atoms with Crippen molar-refractivity contribution in [2.75, 3.05) is 20.3 Å². The van der Waals surface area contributed by atoms with Crippen LogP contribution in [-0.2, 0) is 9.47 Å². The molecule has 1 aromatic carbocycles. The standard InChI is InChI=1S/C15H22FNO2/c1-10-8-11(2)13(12(16)9-10)14(17)15(18-3)4-6-19-7-5-15/h8-9,14H,4-7,17H2,1-3H3. The van der Waals surface area contributed by atoms with E-state index in [0.29, 0.717) is 31.6 Å². The Morgan fingerprint density at radius 1 is 1.32 bits per heavy atom. The first-order chi connectivity index (χ1) is 9.00. The lowest BCUT2D eigenvalue weighted by atomic mass is 9.81. The Morgan fingerprint density at radius 3 is 2.47 bits per heavy atom. The summed E-state index contributed by atoms with van der Waals surface area (Å²) < 4.78 is 25.3. The van der Waals surface area contributed by atoms with E-state index in [4.69, 9.17) is 15.2 Å². The van der Waals surface area contributed by atoms with Crippen LogP contribution in [0.5, 0.6) is 0 Å². The molecule has 1 heterocycles. The molecular weight excluding hydrogens is 245 g/mol. The van der Waals surface area contributed by atoms with Gasteiger partial charge in [-0.2, -0.15) is 0 Å². The van der Waals surface area contributed by atoms with Crippen LogP contribution in [-0.4, -0.2) is 25.9 Å². The normalized spacial score (nSPS) is 20.3. The van der Waals surface area contributed by atoms with Gasteiger partial charge in [-0.15, -0.1) is 0 Å². The Balaban J connectivity index is 2.40. The van der Waals surface area contributed by atoms with Crippen LogP contribution in [0.1, 0.15) is 35.6 Å². The summed E-state index contributed by atoms with van der Waals surface area (Å²) in [7, 11) is 1.65. The number of aryl methyl sites for hydroxylation is 2. The summed E-state index contributed by atoms with van der Waals surface area (Å²) in [5, 5.41) is 0. The van der Waals surface area contributed by atoms with Crippen molar-refractivity contribution in [1.82, 2.24) is 0 Å². The number of halogens is 1. The molecule has 1 saturated heterocycles. The van der Waals surface area contributed by atoms with Gasteiger partial charge in [0.2, 0.25) is 0 Å². The van der Waals surface area contributed by atoms with Crippen molar-refractivity contribution >= 4 is 0 Å². The van der Waals surface area contributed by atoms with Crippen LogP contribution in [0.15, 0.2) is 12.1 Å². The maximum atomic E-state index is 14.3.